The number of aromatic amines is 1. The number of anilines is 2. The van der Waals surface area contributed by atoms with Crippen molar-refractivity contribution >= 4 is 22.4 Å². The molecule has 4 nitrogen and oxygen atoms in total. The van der Waals surface area contributed by atoms with Gasteiger partial charge < -0.3 is 5.32 Å². The lowest BCUT2D eigenvalue weighted by atomic mass is 10.2. The van der Waals surface area contributed by atoms with Gasteiger partial charge in [-0.3, -0.25) is 10.1 Å². The Balaban J connectivity index is 1.98. The Hall–Kier alpha value is -2.50. The molecule has 6 heteroatoms. The molecule has 0 saturated carbocycles. The SMILES string of the molecule is Fc1ccc(Nc2n[nH]c3cnccc23)cc1F. The molecule has 0 aliphatic carbocycles. The molecule has 2 heterocycles. The van der Waals surface area contributed by atoms with Gasteiger partial charge in [0.05, 0.1) is 11.7 Å². The van der Waals surface area contributed by atoms with Gasteiger partial charge in [0.1, 0.15) is 0 Å². The molecule has 0 spiro atoms. The molecule has 0 fully saturated rings. The summed E-state index contributed by atoms with van der Waals surface area (Å²) in [4.78, 5) is 3.95. The Labute approximate surface area is 101 Å². The molecule has 0 amide bonds. The fraction of sp³-hybridized carbons (Fsp3) is 0. The van der Waals surface area contributed by atoms with Crippen molar-refractivity contribution in [2.24, 2.45) is 0 Å². The maximum Gasteiger partial charge on any atom is 0.160 e. The minimum Gasteiger partial charge on any atom is -0.338 e. The van der Waals surface area contributed by atoms with E-state index in [9.17, 15) is 8.78 Å². The summed E-state index contributed by atoms with van der Waals surface area (Å²) < 4.78 is 25.9. The highest BCUT2D eigenvalue weighted by atomic mass is 19.2. The number of nitrogens with zero attached hydrogens (tertiary/aromatic N) is 2. The zero-order valence-electron chi connectivity index (χ0n) is 9.11. The van der Waals surface area contributed by atoms with Gasteiger partial charge in [0, 0.05) is 23.3 Å². The van der Waals surface area contributed by atoms with E-state index in [2.05, 4.69) is 20.5 Å². The van der Waals surface area contributed by atoms with Gasteiger partial charge in [-0.05, 0) is 18.2 Å². The van der Waals surface area contributed by atoms with Crippen LogP contribution in [0.25, 0.3) is 10.9 Å². The van der Waals surface area contributed by atoms with E-state index in [0.29, 0.717) is 11.5 Å². The van der Waals surface area contributed by atoms with Crippen LogP contribution in [0.4, 0.5) is 20.3 Å². The molecule has 2 aromatic heterocycles. The summed E-state index contributed by atoms with van der Waals surface area (Å²) >= 11 is 0. The van der Waals surface area contributed by atoms with E-state index >= 15 is 0 Å². The molecule has 0 bridgehead atoms. The molecule has 1 aromatic carbocycles. The average molecular weight is 246 g/mol. The zero-order valence-corrected chi connectivity index (χ0v) is 9.11. The van der Waals surface area contributed by atoms with E-state index in [4.69, 9.17) is 0 Å². The Kier molecular flexibility index (Phi) is 2.40. The topological polar surface area (TPSA) is 53.6 Å². The molecule has 0 atom stereocenters. The number of pyridine rings is 1. The van der Waals surface area contributed by atoms with Gasteiger partial charge in [-0.2, -0.15) is 5.10 Å². The highest BCUT2D eigenvalue weighted by Crippen LogP contribution is 2.23. The lowest BCUT2D eigenvalue weighted by molar-refractivity contribution is 0.509. The van der Waals surface area contributed by atoms with Crippen LogP contribution < -0.4 is 5.32 Å². The van der Waals surface area contributed by atoms with Crippen LogP contribution in [0.1, 0.15) is 0 Å². The van der Waals surface area contributed by atoms with E-state index in [1.807, 2.05) is 0 Å². The van der Waals surface area contributed by atoms with Crippen molar-refractivity contribution in [3.63, 3.8) is 0 Å². The molecule has 90 valence electrons. The fourth-order valence-electron chi connectivity index (χ4n) is 1.67. The average Bonchev–Trinajstić information content (AvgIpc) is 2.78. The molecule has 3 rings (SSSR count). The van der Waals surface area contributed by atoms with E-state index in [1.54, 1.807) is 18.5 Å². The molecule has 18 heavy (non-hydrogen) atoms. The van der Waals surface area contributed by atoms with Crippen LogP contribution in [0.2, 0.25) is 0 Å². The second-order valence-electron chi connectivity index (χ2n) is 3.75. The molecule has 0 radical (unpaired) electrons. The Morgan fingerprint density at radius 2 is 2.00 bits per heavy atom. The second-order valence-corrected chi connectivity index (χ2v) is 3.75. The number of halogens is 2. The number of nitrogens with one attached hydrogen (secondary N) is 2. The van der Waals surface area contributed by atoms with Crippen LogP contribution >= 0.6 is 0 Å². The zero-order chi connectivity index (χ0) is 12.5. The first kappa shape index (κ1) is 10.6. The Bertz CT molecular complexity index is 708. The summed E-state index contributed by atoms with van der Waals surface area (Å²) in [5.41, 5.74) is 1.20. The smallest absolute Gasteiger partial charge is 0.160 e. The normalized spacial score (nSPS) is 10.8. The van der Waals surface area contributed by atoms with Crippen molar-refractivity contribution in [3.8, 4) is 0 Å². The minimum absolute atomic E-state index is 0.430. The number of rotatable bonds is 2. The number of hydrogen-bond donors (Lipinski definition) is 2. The summed E-state index contributed by atoms with van der Waals surface area (Å²) in [7, 11) is 0. The second kappa shape index (κ2) is 4.06. The van der Waals surface area contributed by atoms with Crippen molar-refractivity contribution in [2.75, 3.05) is 5.32 Å². The molecule has 3 aromatic rings. The number of benzene rings is 1. The minimum atomic E-state index is -0.901. The molecule has 0 unspecified atom stereocenters. The number of hydrogen-bond acceptors (Lipinski definition) is 3. The first-order chi connectivity index (χ1) is 8.74. The Morgan fingerprint density at radius 1 is 1.11 bits per heavy atom. The van der Waals surface area contributed by atoms with E-state index < -0.39 is 11.6 Å². The molecule has 0 aliphatic rings. The molecule has 0 aliphatic heterocycles. The van der Waals surface area contributed by atoms with E-state index in [1.165, 1.54) is 6.07 Å². The summed E-state index contributed by atoms with van der Waals surface area (Å²) in [6.45, 7) is 0. The van der Waals surface area contributed by atoms with Gasteiger partial charge in [0.25, 0.3) is 0 Å². The highest BCUT2D eigenvalue weighted by Gasteiger charge is 2.07. The molecule has 0 saturated heterocycles. The van der Waals surface area contributed by atoms with Crippen LogP contribution in [-0.4, -0.2) is 15.2 Å². The number of fused-ring (bicyclic) bond motifs is 1. The largest absolute Gasteiger partial charge is 0.338 e. The van der Waals surface area contributed by atoms with Gasteiger partial charge in [0.2, 0.25) is 0 Å². The fourth-order valence-corrected chi connectivity index (χ4v) is 1.67. The third-order valence-corrected chi connectivity index (χ3v) is 2.55. The van der Waals surface area contributed by atoms with Gasteiger partial charge in [-0.1, -0.05) is 0 Å². The lowest BCUT2D eigenvalue weighted by Crippen LogP contribution is -1.93. The van der Waals surface area contributed by atoms with Gasteiger partial charge in [-0.25, -0.2) is 8.78 Å². The molecule has 2 N–H and O–H groups in total. The van der Waals surface area contributed by atoms with E-state index in [-0.39, 0.29) is 0 Å². The van der Waals surface area contributed by atoms with Crippen molar-refractivity contribution < 1.29 is 8.78 Å². The predicted molar refractivity (Wildman–Crippen MR) is 63.5 cm³/mol. The summed E-state index contributed by atoms with van der Waals surface area (Å²) in [5, 5.41) is 10.6. The lowest BCUT2D eigenvalue weighted by Gasteiger charge is -2.03. The third-order valence-electron chi connectivity index (χ3n) is 2.55. The number of aromatic nitrogens is 3. The van der Waals surface area contributed by atoms with Gasteiger partial charge in [-0.15, -0.1) is 0 Å². The van der Waals surface area contributed by atoms with Crippen molar-refractivity contribution in [3.05, 3.63) is 48.3 Å². The Morgan fingerprint density at radius 3 is 2.83 bits per heavy atom. The van der Waals surface area contributed by atoms with Gasteiger partial charge >= 0.3 is 0 Å². The highest BCUT2D eigenvalue weighted by molar-refractivity contribution is 5.90. The van der Waals surface area contributed by atoms with Crippen molar-refractivity contribution in [1.82, 2.24) is 15.2 Å². The molecular weight excluding hydrogens is 238 g/mol. The van der Waals surface area contributed by atoms with Crippen LogP contribution in [0.3, 0.4) is 0 Å². The first-order valence-corrected chi connectivity index (χ1v) is 5.24. The van der Waals surface area contributed by atoms with Crippen LogP contribution in [0.5, 0.6) is 0 Å². The standard InChI is InChI=1S/C12H8F2N4/c13-9-2-1-7(5-10(9)14)16-12-8-3-4-15-6-11(8)17-18-12/h1-6H,(H2,16,17,18). The van der Waals surface area contributed by atoms with E-state index in [0.717, 1.165) is 23.0 Å². The van der Waals surface area contributed by atoms with Crippen molar-refractivity contribution in [1.29, 1.82) is 0 Å². The molecular formula is C12H8F2N4. The van der Waals surface area contributed by atoms with Crippen LogP contribution in [-0.2, 0) is 0 Å². The number of H-pyrrole nitrogens is 1. The quantitative estimate of drug-likeness (QED) is 0.730. The predicted octanol–water partition coefficient (Wildman–Crippen LogP) is 2.98. The van der Waals surface area contributed by atoms with Crippen molar-refractivity contribution in [2.45, 2.75) is 0 Å². The monoisotopic (exact) mass is 246 g/mol. The third kappa shape index (κ3) is 1.77. The summed E-state index contributed by atoms with van der Waals surface area (Å²) in [5.74, 6) is -1.24. The first-order valence-electron chi connectivity index (χ1n) is 5.24. The van der Waals surface area contributed by atoms with Gasteiger partial charge in [0.15, 0.2) is 17.5 Å². The maximum atomic E-state index is 13.1. The summed E-state index contributed by atoms with van der Waals surface area (Å²) in [6.07, 6.45) is 3.27. The van der Waals surface area contributed by atoms with Crippen LogP contribution in [0, 0.1) is 11.6 Å². The summed E-state index contributed by atoms with van der Waals surface area (Å²) in [6, 6.07) is 5.37. The maximum absolute atomic E-state index is 13.1. The van der Waals surface area contributed by atoms with Crippen LogP contribution in [0.15, 0.2) is 36.7 Å².